The Bertz CT molecular complexity index is 1040. The maximum Gasteiger partial charge on any atom is 0.339 e. The maximum atomic E-state index is 12.4. The third-order valence-corrected chi connectivity index (χ3v) is 9.76. The molecule has 0 saturated carbocycles. The van der Waals surface area contributed by atoms with Gasteiger partial charge in [-0.25, -0.2) is 9.59 Å². The number of rotatable bonds is 19. The highest BCUT2D eigenvalue weighted by Crippen LogP contribution is 2.32. The highest BCUT2D eigenvalue weighted by atomic mass is 31.1. The zero-order valence-corrected chi connectivity index (χ0v) is 27.7. The van der Waals surface area contributed by atoms with Gasteiger partial charge < -0.3 is 9.47 Å². The summed E-state index contributed by atoms with van der Waals surface area (Å²) in [4.78, 5) is 24.7. The molecule has 0 amide bonds. The largest absolute Gasteiger partial charge is 0.462 e. The molecule has 43 heavy (non-hydrogen) atoms. The third kappa shape index (κ3) is 14.9. The number of unbranched alkanes of at least 4 members (excludes halogenated alkanes) is 10. The van der Waals surface area contributed by atoms with Crippen molar-refractivity contribution in [3.05, 3.63) is 96.1 Å². The van der Waals surface area contributed by atoms with E-state index >= 15 is 0 Å². The van der Waals surface area contributed by atoms with E-state index in [0.717, 1.165) is 25.7 Å². The van der Waals surface area contributed by atoms with Crippen molar-refractivity contribution in [2.75, 3.05) is 19.4 Å². The van der Waals surface area contributed by atoms with Crippen LogP contribution in [0.4, 0.5) is 0 Å². The van der Waals surface area contributed by atoms with Crippen LogP contribution < -0.4 is 10.6 Å². The molecule has 0 aliphatic carbocycles. The zero-order valence-electron chi connectivity index (χ0n) is 26.8. The molecule has 3 aromatic carbocycles. The molecule has 0 bridgehead atoms. The second-order valence-corrected chi connectivity index (χ2v) is 13.3. The predicted octanol–water partition coefficient (Wildman–Crippen LogP) is 9.86. The number of ether oxygens (including phenoxy) is 2. The minimum Gasteiger partial charge on any atom is -0.462 e. The summed E-state index contributed by atoms with van der Waals surface area (Å²) in [5, 5.41) is 2.95. The van der Waals surface area contributed by atoms with Crippen LogP contribution in [-0.2, 0) is 9.47 Å². The average Bonchev–Trinajstić information content (AvgIpc) is 3.05. The lowest BCUT2D eigenvalue weighted by Gasteiger charge is -2.16. The van der Waals surface area contributed by atoms with Crippen molar-refractivity contribution in [2.45, 2.75) is 97.8 Å². The van der Waals surface area contributed by atoms with Crippen LogP contribution in [0, 0.1) is 0 Å². The molecule has 0 aromatic heterocycles. The van der Waals surface area contributed by atoms with Gasteiger partial charge in [-0.15, -0.1) is 0 Å². The van der Waals surface area contributed by atoms with Gasteiger partial charge in [0.05, 0.1) is 24.3 Å². The van der Waals surface area contributed by atoms with E-state index in [0.29, 0.717) is 24.3 Å². The van der Waals surface area contributed by atoms with E-state index in [2.05, 4.69) is 81.4 Å². The molecule has 0 N–H and O–H groups in total. The summed E-state index contributed by atoms with van der Waals surface area (Å²) >= 11 is 0. The van der Waals surface area contributed by atoms with Crippen LogP contribution >= 0.6 is 7.92 Å². The van der Waals surface area contributed by atoms with Gasteiger partial charge in [0.1, 0.15) is 0 Å². The molecule has 0 aliphatic heterocycles. The molecule has 3 rings (SSSR count). The van der Waals surface area contributed by atoms with Crippen molar-refractivity contribution < 1.29 is 19.1 Å². The molecule has 3 aromatic rings. The Morgan fingerprint density at radius 3 is 1.21 bits per heavy atom. The van der Waals surface area contributed by atoms with Crippen molar-refractivity contribution in [1.82, 2.24) is 0 Å². The van der Waals surface area contributed by atoms with E-state index in [1.54, 1.807) is 24.3 Å². The SMILES string of the molecule is CCCCCCCCOC(=O)c1ccccc1C(=O)OCCCCCCCC.CCP(c1ccccc1)c1ccccc1. The van der Waals surface area contributed by atoms with Crippen molar-refractivity contribution in [3.8, 4) is 0 Å². The van der Waals surface area contributed by atoms with Gasteiger partial charge in [-0.1, -0.05) is 158 Å². The van der Waals surface area contributed by atoms with Crippen LogP contribution in [0.1, 0.15) is 119 Å². The van der Waals surface area contributed by atoms with Gasteiger partial charge in [-0.05, 0) is 49.7 Å². The van der Waals surface area contributed by atoms with E-state index in [4.69, 9.17) is 9.47 Å². The smallest absolute Gasteiger partial charge is 0.339 e. The summed E-state index contributed by atoms with van der Waals surface area (Å²) in [5.74, 6) is -0.888. The summed E-state index contributed by atoms with van der Waals surface area (Å²) in [6.45, 7) is 7.44. The van der Waals surface area contributed by atoms with Crippen LogP contribution in [0.25, 0.3) is 0 Å². The molecule has 0 spiro atoms. The lowest BCUT2D eigenvalue weighted by Crippen LogP contribution is -2.15. The minimum absolute atomic E-state index is 0.149. The maximum absolute atomic E-state index is 12.4. The number of hydrogen-bond donors (Lipinski definition) is 0. The number of carbonyl (C=O) groups excluding carboxylic acids is 2. The molecule has 0 fully saturated rings. The second kappa shape index (κ2) is 23.5. The Labute approximate surface area is 262 Å². The van der Waals surface area contributed by atoms with Crippen molar-refractivity contribution in [2.24, 2.45) is 0 Å². The summed E-state index contributed by atoms with van der Waals surface area (Å²) in [7, 11) is -0.149. The molecule has 4 nitrogen and oxygen atoms in total. The first-order valence-corrected chi connectivity index (χ1v) is 18.0. The zero-order chi connectivity index (χ0) is 31.0. The Hall–Kier alpha value is -2.97. The topological polar surface area (TPSA) is 52.6 Å². The number of esters is 2. The first-order chi connectivity index (χ1) is 21.1. The van der Waals surface area contributed by atoms with Crippen LogP contribution in [0.2, 0.25) is 0 Å². The lowest BCUT2D eigenvalue weighted by atomic mass is 10.1. The van der Waals surface area contributed by atoms with E-state index in [9.17, 15) is 9.59 Å². The van der Waals surface area contributed by atoms with Gasteiger partial charge >= 0.3 is 11.9 Å². The Morgan fingerprint density at radius 2 is 0.837 bits per heavy atom. The van der Waals surface area contributed by atoms with Crippen LogP contribution in [0.3, 0.4) is 0 Å². The summed E-state index contributed by atoms with van der Waals surface area (Å²) in [6.07, 6.45) is 14.8. The third-order valence-electron chi connectivity index (χ3n) is 7.28. The van der Waals surface area contributed by atoms with Gasteiger partial charge in [0, 0.05) is 0 Å². The Balaban J connectivity index is 0.000000358. The molecular weight excluding hydrogens is 551 g/mol. The molecule has 0 radical (unpaired) electrons. The molecular formula is C38H53O4P. The Morgan fingerprint density at radius 1 is 0.488 bits per heavy atom. The lowest BCUT2D eigenvalue weighted by molar-refractivity contribution is 0.0450. The summed E-state index contributed by atoms with van der Waals surface area (Å²) in [6, 6.07) is 28.4. The van der Waals surface area contributed by atoms with Crippen molar-refractivity contribution in [3.63, 3.8) is 0 Å². The number of hydrogen-bond acceptors (Lipinski definition) is 4. The molecule has 0 aliphatic rings. The van der Waals surface area contributed by atoms with Crippen molar-refractivity contribution >= 4 is 30.5 Å². The molecule has 0 unspecified atom stereocenters. The summed E-state index contributed by atoms with van der Waals surface area (Å²) in [5.41, 5.74) is 0.586. The highest BCUT2D eigenvalue weighted by molar-refractivity contribution is 7.72. The first kappa shape index (κ1) is 36.2. The van der Waals surface area contributed by atoms with Crippen LogP contribution in [-0.4, -0.2) is 31.3 Å². The van der Waals surface area contributed by atoms with E-state index in [1.807, 2.05) is 0 Å². The fourth-order valence-electron chi connectivity index (χ4n) is 4.82. The fraction of sp³-hybridized carbons (Fsp3) is 0.474. The monoisotopic (exact) mass is 604 g/mol. The van der Waals surface area contributed by atoms with Gasteiger partial charge in [-0.3, -0.25) is 0 Å². The quantitative estimate of drug-likeness (QED) is 0.0776. The highest BCUT2D eigenvalue weighted by Gasteiger charge is 2.18. The standard InChI is InChI=1S/C24H38O4.C14H15P/c1-3-5-7-9-11-15-19-27-23(25)21-17-13-14-18-22(21)24(26)28-20-16-12-10-8-6-4-2;1-2-15(13-9-5-3-6-10-13)14-11-7-4-8-12-14/h13-14,17-18H,3-12,15-16,19-20H2,1-2H3;3-12H,2H2,1H3. The van der Waals surface area contributed by atoms with Crippen molar-refractivity contribution in [1.29, 1.82) is 0 Å². The van der Waals surface area contributed by atoms with E-state index < -0.39 is 11.9 Å². The number of benzene rings is 3. The molecule has 0 atom stereocenters. The molecule has 5 heteroatoms. The normalized spacial score (nSPS) is 10.6. The van der Waals surface area contributed by atoms with Gasteiger partial charge in [0.25, 0.3) is 0 Å². The fourth-order valence-corrected chi connectivity index (χ4v) is 6.91. The van der Waals surface area contributed by atoms with Crippen LogP contribution in [0.15, 0.2) is 84.9 Å². The Kier molecular flexibility index (Phi) is 19.8. The van der Waals surface area contributed by atoms with Gasteiger partial charge in [0.15, 0.2) is 0 Å². The minimum atomic E-state index is -0.444. The summed E-state index contributed by atoms with van der Waals surface area (Å²) < 4.78 is 10.7. The van der Waals surface area contributed by atoms with Crippen LogP contribution in [0.5, 0.6) is 0 Å². The van der Waals surface area contributed by atoms with E-state index in [-0.39, 0.29) is 7.92 Å². The number of carbonyl (C=O) groups is 2. The van der Waals surface area contributed by atoms with Gasteiger partial charge in [0.2, 0.25) is 0 Å². The first-order valence-electron chi connectivity index (χ1n) is 16.4. The molecule has 234 valence electrons. The van der Waals surface area contributed by atoms with E-state index in [1.165, 1.54) is 68.1 Å². The molecule has 0 saturated heterocycles. The second-order valence-electron chi connectivity index (χ2n) is 10.8. The molecule has 0 heterocycles. The predicted molar refractivity (Wildman–Crippen MR) is 183 cm³/mol. The van der Waals surface area contributed by atoms with Gasteiger partial charge in [-0.2, -0.15) is 0 Å². The average molecular weight is 605 g/mol.